The number of benzene rings is 1. The van der Waals surface area contributed by atoms with Crippen LogP contribution in [0.25, 0.3) is 0 Å². The molecule has 0 saturated carbocycles. The molecule has 0 fully saturated rings. The molecule has 1 amide bonds. The molecule has 0 aliphatic heterocycles. The topological polar surface area (TPSA) is 132 Å². The first-order valence-corrected chi connectivity index (χ1v) is 9.73. The summed E-state index contributed by atoms with van der Waals surface area (Å²) in [6.07, 6.45) is 4.61. The van der Waals surface area contributed by atoms with Crippen molar-refractivity contribution < 1.29 is 9.90 Å². The molecule has 0 unspecified atom stereocenters. The van der Waals surface area contributed by atoms with Gasteiger partial charge in [-0.25, -0.2) is 4.98 Å². The zero-order valence-corrected chi connectivity index (χ0v) is 17.5. The van der Waals surface area contributed by atoms with Crippen molar-refractivity contribution >= 4 is 35.0 Å². The Balaban J connectivity index is 1.69. The van der Waals surface area contributed by atoms with Gasteiger partial charge in [-0.3, -0.25) is 9.48 Å². The number of hydrogen-bond acceptors (Lipinski definition) is 8. The molecule has 11 heteroatoms. The number of nitrogens with zero attached hydrogens (tertiary/aromatic N) is 6. The van der Waals surface area contributed by atoms with Gasteiger partial charge in [0.2, 0.25) is 11.9 Å². The van der Waals surface area contributed by atoms with Crippen molar-refractivity contribution in [2.24, 2.45) is 0 Å². The zero-order valence-electron chi connectivity index (χ0n) is 16.7. The molecule has 31 heavy (non-hydrogen) atoms. The molecular weight excluding hydrogens is 420 g/mol. The summed E-state index contributed by atoms with van der Waals surface area (Å²) in [7, 11) is 1.55. The molecular formula is C20H21ClN8O2. The van der Waals surface area contributed by atoms with Crippen LogP contribution >= 0.6 is 11.6 Å². The smallest absolute Gasteiger partial charge is 0.244 e. The summed E-state index contributed by atoms with van der Waals surface area (Å²) in [5.74, 6) is 0.397. The van der Waals surface area contributed by atoms with Gasteiger partial charge in [-0.2, -0.15) is 15.3 Å². The minimum atomic E-state index is -0.388. The number of amides is 1. The van der Waals surface area contributed by atoms with Gasteiger partial charge in [0.25, 0.3) is 0 Å². The number of anilines is 3. The van der Waals surface area contributed by atoms with Gasteiger partial charge in [-0.15, -0.1) is 0 Å². The van der Waals surface area contributed by atoms with Crippen LogP contribution in [0.5, 0.6) is 0 Å². The lowest BCUT2D eigenvalue weighted by atomic mass is 10.1. The number of nitriles is 1. The Bertz CT molecular complexity index is 1070. The standard InChI is InChI=1S/C20H21ClN8O2/c1-28(8-7-22)18(31)12-29-11-15(9-24-29)25-20-23-10-16(21)19(27-20)26-17(13-30)14-5-3-2-4-6-14/h2-6,9-11,17,30H,8,12-13H2,1H3,(H2,23,25,26,27)/t17-/m1/s1. The fraction of sp³-hybridized carbons (Fsp3) is 0.250. The van der Waals surface area contributed by atoms with E-state index in [1.54, 1.807) is 13.2 Å². The second-order valence-electron chi connectivity index (χ2n) is 6.64. The number of carbonyl (C=O) groups excluding carboxylic acids is 1. The maximum atomic E-state index is 12.0. The highest BCUT2D eigenvalue weighted by Crippen LogP contribution is 2.25. The van der Waals surface area contributed by atoms with E-state index in [0.29, 0.717) is 16.5 Å². The number of carbonyl (C=O) groups is 1. The average Bonchev–Trinajstić information content (AvgIpc) is 3.21. The maximum absolute atomic E-state index is 12.0. The van der Waals surface area contributed by atoms with Gasteiger partial charge in [0.05, 0.1) is 36.8 Å². The van der Waals surface area contributed by atoms with Crippen LogP contribution in [0.2, 0.25) is 5.02 Å². The molecule has 10 nitrogen and oxygen atoms in total. The van der Waals surface area contributed by atoms with Gasteiger partial charge in [0, 0.05) is 13.2 Å². The molecule has 0 aliphatic rings. The van der Waals surface area contributed by atoms with Gasteiger partial charge in [-0.1, -0.05) is 41.9 Å². The molecule has 2 aromatic heterocycles. The summed E-state index contributed by atoms with van der Waals surface area (Å²) in [5, 5.41) is 29.0. The number of hydrogen-bond donors (Lipinski definition) is 3. The van der Waals surface area contributed by atoms with Crippen molar-refractivity contribution in [1.82, 2.24) is 24.6 Å². The van der Waals surface area contributed by atoms with E-state index in [0.717, 1.165) is 5.56 Å². The molecule has 0 aliphatic carbocycles. The Labute approximate surface area is 184 Å². The zero-order chi connectivity index (χ0) is 22.2. The van der Waals surface area contributed by atoms with E-state index in [1.807, 2.05) is 36.4 Å². The Hall–Kier alpha value is -3.68. The molecule has 0 spiro atoms. The van der Waals surface area contributed by atoms with Crippen LogP contribution in [0, 0.1) is 11.3 Å². The van der Waals surface area contributed by atoms with E-state index >= 15 is 0 Å². The van der Waals surface area contributed by atoms with Gasteiger partial charge >= 0.3 is 0 Å². The monoisotopic (exact) mass is 440 g/mol. The summed E-state index contributed by atoms with van der Waals surface area (Å²) >= 11 is 6.23. The SMILES string of the molecule is CN(CC#N)C(=O)Cn1cc(Nc2ncc(Cl)c(N[C@H](CO)c3ccccc3)n2)cn1. The van der Waals surface area contributed by atoms with Gasteiger partial charge in [0.1, 0.15) is 18.1 Å². The normalized spacial score (nSPS) is 11.4. The fourth-order valence-electron chi connectivity index (χ4n) is 2.71. The van der Waals surface area contributed by atoms with Crippen LogP contribution in [-0.4, -0.2) is 55.9 Å². The Morgan fingerprint density at radius 3 is 2.84 bits per heavy atom. The molecule has 1 atom stereocenters. The van der Waals surface area contributed by atoms with E-state index in [9.17, 15) is 9.90 Å². The highest BCUT2D eigenvalue weighted by Gasteiger charge is 2.15. The van der Waals surface area contributed by atoms with E-state index in [2.05, 4.69) is 25.7 Å². The van der Waals surface area contributed by atoms with Crippen molar-refractivity contribution in [2.75, 3.05) is 30.8 Å². The summed E-state index contributed by atoms with van der Waals surface area (Å²) in [5.41, 5.74) is 1.47. The van der Waals surface area contributed by atoms with E-state index < -0.39 is 0 Å². The van der Waals surface area contributed by atoms with Gasteiger partial charge in [-0.05, 0) is 5.56 Å². The number of aliphatic hydroxyl groups is 1. The summed E-state index contributed by atoms with van der Waals surface area (Å²) in [6, 6.07) is 11.0. The Morgan fingerprint density at radius 1 is 1.35 bits per heavy atom. The van der Waals surface area contributed by atoms with Crippen LogP contribution in [0.15, 0.2) is 48.9 Å². The van der Waals surface area contributed by atoms with Crippen molar-refractivity contribution in [3.63, 3.8) is 0 Å². The largest absolute Gasteiger partial charge is 0.394 e. The van der Waals surface area contributed by atoms with Gasteiger partial charge in [0.15, 0.2) is 5.82 Å². The number of nitrogens with one attached hydrogen (secondary N) is 2. The molecule has 3 aromatic rings. The predicted molar refractivity (Wildman–Crippen MR) is 116 cm³/mol. The summed E-state index contributed by atoms with van der Waals surface area (Å²) in [4.78, 5) is 21.9. The molecule has 1 aromatic carbocycles. The Kier molecular flexibility index (Phi) is 7.37. The molecule has 160 valence electrons. The van der Waals surface area contributed by atoms with E-state index in [1.165, 1.54) is 22.0 Å². The highest BCUT2D eigenvalue weighted by molar-refractivity contribution is 6.32. The minimum Gasteiger partial charge on any atom is -0.394 e. The second-order valence-corrected chi connectivity index (χ2v) is 7.05. The summed E-state index contributed by atoms with van der Waals surface area (Å²) < 4.78 is 1.45. The quantitative estimate of drug-likeness (QED) is 0.431. The lowest BCUT2D eigenvalue weighted by Crippen LogP contribution is -2.30. The predicted octanol–water partition coefficient (Wildman–Crippen LogP) is 2.20. The third-order valence-corrected chi connectivity index (χ3v) is 4.64. The maximum Gasteiger partial charge on any atom is 0.244 e. The minimum absolute atomic E-state index is 0.00337. The molecule has 3 rings (SSSR count). The lowest BCUT2D eigenvalue weighted by Gasteiger charge is -2.18. The molecule has 0 saturated heterocycles. The fourth-order valence-corrected chi connectivity index (χ4v) is 2.86. The first-order valence-electron chi connectivity index (χ1n) is 9.35. The lowest BCUT2D eigenvalue weighted by molar-refractivity contribution is -0.130. The first-order chi connectivity index (χ1) is 15.0. The summed E-state index contributed by atoms with van der Waals surface area (Å²) in [6.45, 7) is -0.130. The van der Waals surface area contributed by atoms with Crippen LogP contribution in [0.4, 0.5) is 17.5 Å². The Morgan fingerprint density at radius 2 is 2.13 bits per heavy atom. The van der Waals surface area contributed by atoms with E-state index in [-0.39, 0.29) is 37.6 Å². The molecule has 3 N–H and O–H groups in total. The number of halogens is 1. The number of likely N-dealkylation sites (N-methyl/N-ethyl adjacent to an activating group) is 1. The number of aromatic nitrogens is 4. The van der Waals surface area contributed by atoms with Crippen LogP contribution in [0.1, 0.15) is 11.6 Å². The third kappa shape index (κ3) is 5.91. The molecule has 2 heterocycles. The van der Waals surface area contributed by atoms with Crippen molar-refractivity contribution in [1.29, 1.82) is 5.26 Å². The first kappa shape index (κ1) is 22.0. The van der Waals surface area contributed by atoms with Crippen molar-refractivity contribution in [2.45, 2.75) is 12.6 Å². The number of rotatable bonds is 9. The highest BCUT2D eigenvalue weighted by atomic mass is 35.5. The van der Waals surface area contributed by atoms with Crippen LogP contribution < -0.4 is 10.6 Å². The van der Waals surface area contributed by atoms with Crippen LogP contribution in [0.3, 0.4) is 0 Å². The van der Waals surface area contributed by atoms with E-state index in [4.69, 9.17) is 16.9 Å². The third-order valence-electron chi connectivity index (χ3n) is 4.36. The molecule has 0 bridgehead atoms. The molecule has 0 radical (unpaired) electrons. The second kappa shape index (κ2) is 10.4. The van der Waals surface area contributed by atoms with Crippen LogP contribution in [-0.2, 0) is 11.3 Å². The average molecular weight is 441 g/mol. The van der Waals surface area contributed by atoms with Crippen molar-refractivity contribution in [3.8, 4) is 6.07 Å². The van der Waals surface area contributed by atoms with Gasteiger partial charge < -0.3 is 20.6 Å². The van der Waals surface area contributed by atoms with Crippen molar-refractivity contribution in [3.05, 3.63) is 59.5 Å². The number of aliphatic hydroxyl groups excluding tert-OH is 1.